The zero-order chi connectivity index (χ0) is 14.6. The van der Waals surface area contributed by atoms with Gasteiger partial charge in [0.25, 0.3) is 0 Å². The summed E-state index contributed by atoms with van der Waals surface area (Å²) in [7, 11) is 1.35. The van der Waals surface area contributed by atoms with Gasteiger partial charge >= 0.3 is 12.1 Å². The van der Waals surface area contributed by atoms with Gasteiger partial charge in [-0.3, -0.25) is 4.84 Å². The lowest BCUT2D eigenvalue weighted by Crippen LogP contribution is -2.49. The number of hydrogen-bond acceptors (Lipinski definition) is 5. The van der Waals surface area contributed by atoms with E-state index in [9.17, 15) is 9.59 Å². The first-order chi connectivity index (χ1) is 7.99. The molecule has 7 nitrogen and oxygen atoms in total. The highest BCUT2D eigenvalue weighted by Gasteiger charge is 2.38. The summed E-state index contributed by atoms with van der Waals surface area (Å²) >= 11 is 0. The van der Waals surface area contributed by atoms with E-state index in [0.29, 0.717) is 0 Å². The summed E-state index contributed by atoms with van der Waals surface area (Å²) in [6.45, 7) is 8.10. The Hall–Kier alpha value is -1.34. The number of carbonyl (C=O) groups is 2. The second-order valence-corrected chi connectivity index (χ2v) is 5.25. The molecule has 0 spiro atoms. The van der Waals surface area contributed by atoms with E-state index < -0.39 is 29.4 Å². The first-order valence-corrected chi connectivity index (χ1v) is 5.42. The third-order valence-electron chi connectivity index (χ3n) is 2.04. The highest BCUT2D eigenvalue weighted by atomic mass is 16.7. The second-order valence-electron chi connectivity index (χ2n) is 5.25. The van der Waals surface area contributed by atoms with Crippen molar-refractivity contribution in [2.45, 2.75) is 51.9 Å². The average molecular weight is 263 g/mol. The third-order valence-corrected chi connectivity index (χ3v) is 2.04. The van der Waals surface area contributed by atoms with E-state index in [1.165, 1.54) is 21.0 Å². The molecule has 0 saturated heterocycles. The van der Waals surface area contributed by atoms with Crippen molar-refractivity contribution in [3.05, 3.63) is 0 Å². The lowest BCUT2D eigenvalue weighted by Gasteiger charge is -2.29. The first kappa shape index (κ1) is 16.7. The summed E-state index contributed by atoms with van der Waals surface area (Å²) in [4.78, 5) is 27.1. The number of aliphatic carboxylic acids is 1. The van der Waals surface area contributed by atoms with Crippen molar-refractivity contribution in [1.82, 2.24) is 5.48 Å². The zero-order valence-corrected chi connectivity index (χ0v) is 11.6. The quantitative estimate of drug-likeness (QED) is 0.726. The van der Waals surface area contributed by atoms with Crippen LogP contribution >= 0.6 is 0 Å². The van der Waals surface area contributed by atoms with Gasteiger partial charge in [0, 0.05) is 7.11 Å². The predicted octanol–water partition coefficient (Wildman–Crippen LogP) is 1.32. The Morgan fingerprint density at radius 1 is 1.17 bits per heavy atom. The fourth-order valence-corrected chi connectivity index (χ4v) is 1.00. The van der Waals surface area contributed by atoms with Crippen LogP contribution in [-0.2, 0) is 19.1 Å². The summed E-state index contributed by atoms with van der Waals surface area (Å²) in [5.74, 6) is -1.25. The molecular weight excluding hydrogens is 242 g/mol. The van der Waals surface area contributed by atoms with Crippen molar-refractivity contribution >= 4 is 12.1 Å². The van der Waals surface area contributed by atoms with Crippen LogP contribution in [0.4, 0.5) is 4.79 Å². The predicted molar refractivity (Wildman–Crippen MR) is 63.0 cm³/mol. The monoisotopic (exact) mass is 263 g/mol. The lowest BCUT2D eigenvalue weighted by molar-refractivity contribution is -0.180. The van der Waals surface area contributed by atoms with Crippen LogP contribution in [0.3, 0.4) is 0 Å². The van der Waals surface area contributed by atoms with E-state index in [0.717, 1.165) is 0 Å². The van der Waals surface area contributed by atoms with E-state index in [1.54, 1.807) is 20.8 Å². The molecular formula is C11H21NO6. The Kier molecular flexibility index (Phi) is 5.56. The number of hydroxylamine groups is 1. The summed E-state index contributed by atoms with van der Waals surface area (Å²) in [5.41, 5.74) is 0.151. The highest BCUT2D eigenvalue weighted by Crippen LogP contribution is 2.16. The maximum atomic E-state index is 11.3. The molecule has 7 heteroatoms. The molecule has 0 radical (unpaired) electrons. The largest absolute Gasteiger partial charge is 0.479 e. The molecule has 1 atom stereocenters. The lowest BCUT2D eigenvalue weighted by atomic mass is 10.0. The topological polar surface area (TPSA) is 94.1 Å². The number of rotatable bonds is 5. The normalized spacial score (nSPS) is 13.9. The van der Waals surface area contributed by atoms with Gasteiger partial charge in [0.15, 0.2) is 0 Å². The second kappa shape index (κ2) is 6.01. The molecule has 0 rings (SSSR count). The Morgan fingerprint density at radius 2 is 1.67 bits per heavy atom. The number of nitrogens with one attached hydrogen (secondary N) is 1. The van der Waals surface area contributed by atoms with Crippen molar-refractivity contribution < 1.29 is 29.0 Å². The molecule has 1 amide bonds. The molecule has 0 aliphatic rings. The Morgan fingerprint density at radius 3 is 2.00 bits per heavy atom. The average Bonchev–Trinajstić information content (AvgIpc) is 2.14. The van der Waals surface area contributed by atoms with Gasteiger partial charge < -0.3 is 14.6 Å². The highest BCUT2D eigenvalue weighted by molar-refractivity contribution is 5.74. The molecule has 0 aliphatic heterocycles. The molecule has 18 heavy (non-hydrogen) atoms. The van der Waals surface area contributed by atoms with Gasteiger partial charge in [0.1, 0.15) is 11.2 Å². The van der Waals surface area contributed by atoms with Crippen LogP contribution in [0.5, 0.6) is 0 Å². The summed E-state index contributed by atoms with van der Waals surface area (Å²) in [6, 6.07) is 0. The Bertz CT molecular complexity index is 307. The molecule has 0 bridgehead atoms. The van der Waals surface area contributed by atoms with Gasteiger partial charge in [-0.2, -0.15) is 5.48 Å². The maximum absolute atomic E-state index is 11.3. The van der Waals surface area contributed by atoms with Crippen LogP contribution in [0.15, 0.2) is 0 Å². The SMILES string of the molecule is COC(C)(C)C(ONC(=O)OC(C)(C)C)C(=O)O. The van der Waals surface area contributed by atoms with Crippen LogP contribution in [0, 0.1) is 0 Å². The number of carboxylic acids is 1. The smallest absolute Gasteiger partial charge is 0.431 e. The minimum atomic E-state index is -1.35. The fourth-order valence-electron chi connectivity index (χ4n) is 1.00. The van der Waals surface area contributed by atoms with Crippen molar-refractivity contribution in [2.75, 3.05) is 7.11 Å². The molecule has 0 fully saturated rings. The Balaban J connectivity index is 4.48. The summed E-state index contributed by atoms with van der Waals surface area (Å²) in [6.07, 6.45) is -2.21. The van der Waals surface area contributed by atoms with E-state index in [-0.39, 0.29) is 0 Å². The van der Waals surface area contributed by atoms with Crippen LogP contribution in [-0.4, -0.2) is 41.6 Å². The van der Waals surface area contributed by atoms with Crippen molar-refractivity contribution in [1.29, 1.82) is 0 Å². The number of hydrogen-bond donors (Lipinski definition) is 2. The van der Waals surface area contributed by atoms with Gasteiger partial charge in [-0.1, -0.05) is 0 Å². The van der Waals surface area contributed by atoms with Gasteiger partial charge in [-0.15, -0.1) is 0 Å². The zero-order valence-electron chi connectivity index (χ0n) is 11.6. The number of amides is 1. The fraction of sp³-hybridized carbons (Fsp3) is 0.818. The van der Waals surface area contributed by atoms with Crippen molar-refractivity contribution in [3.63, 3.8) is 0 Å². The van der Waals surface area contributed by atoms with E-state index in [4.69, 9.17) is 19.4 Å². The number of methoxy groups -OCH3 is 1. The van der Waals surface area contributed by atoms with Crippen LogP contribution in [0.25, 0.3) is 0 Å². The molecule has 0 aliphatic carbocycles. The number of carbonyl (C=O) groups excluding carboxylic acids is 1. The number of carboxylic acid groups (broad SMARTS) is 1. The molecule has 2 N–H and O–H groups in total. The van der Waals surface area contributed by atoms with Gasteiger partial charge in [0.2, 0.25) is 6.10 Å². The third kappa shape index (κ3) is 5.83. The summed E-state index contributed by atoms with van der Waals surface area (Å²) in [5, 5.41) is 8.99. The van der Waals surface area contributed by atoms with Crippen LogP contribution < -0.4 is 5.48 Å². The van der Waals surface area contributed by atoms with Crippen molar-refractivity contribution in [2.24, 2.45) is 0 Å². The minimum absolute atomic E-state index is 0.692. The molecule has 0 aromatic heterocycles. The molecule has 0 heterocycles. The molecule has 0 aromatic rings. The number of ether oxygens (including phenoxy) is 2. The first-order valence-electron chi connectivity index (χ1n) is 5.42. The van der Waals surface area contributed by atoms with Crippen LogP contribution in [0.2, 0.25) is 0 Å². The standard InChI is InChI=1S/C11H21NO6/c1-10(2,3)17-9(15)12-18-7(8(13)14)11(4,5)16-6/h7H,1-6H3,(H,12,15)(H,13,14). The van der Waals surface area contributed by atoms with E-state index in [1.807, 2.05) is 5.48 Å². The molecule has 0 saturated carbocycles. The van der Waals surface area contributed by atoms with Gasteiger partial charge in [-0.05, 0) is 34.6 Å². The minimum Gasteiger partial charge on any atom is -0.479 e. The molecule has 106 valence electrons. The molecule has 1 unspecified atom stereocenters. The molecule has 0 aromatic carbocycles. The van der Waals surface area contributed by atoms with Crippen LogP contribution in [0.1, 0.15) is 34.6 Å². The van der Waals surface area contributed by atoms with E-state index in [2.05, 4.69) is 0 Å². The van der Waals surface area contributed by atoms with Gasteiger partial charge in [-0.25, -0.2) is 9.59 Å². The maximum Gasteiger partial charge on any atom is 0.431 e. The summed E-state index contributed by atoms with van der Waals surface area (Å²) < 4.78 is 9.90. The van der Waals surface area contributed by atoms with Gasteiger partial charge in [0.05, 0.1) is 0 Å². The van der Waals surface area contributed by atoms with Crippen molar-refractivity contribution in [3.8, 4) is 0 Å². The van der Waals surface area contributed by atoms with E-state index >= 15 is 0 Å². The Labute approximate surface area is 106 Å².